The highest BCUT2D eigenvalue weighted by molar-refractivity contribution is 6.00. The molecule has 2 heterocycles. The summed E-state index contributed by atoms with van der Waals surface area (Å²) in [5.41, 5.74) is 6.22. The highest BCUT2D eigenvalue weighted by Crippen LogP contribution is 2.33. The Labute approximate surface area is 160 Å². The number of ether oxygens (including phenoxy) is 2. The van der Waals surface area contributed by atoms with Crippen LogP contribution < -0.4 is 15.4 Å². The summed E-state index contributed by atoms with van der Waals surface area (Å²) in [5.74, 6) is 0.667. The van der Waals surface area contributed by atoms with Crippen LogP contribution in [0, 0.1) is 0 Å². The van der Waals surface area contributed by atoms with Gasteiger partial charge in [0.25, 0.3) is 5.91 Å². The average molecular weight is 375 g/mol. The summed E-state index contributed by atoms with van der Waals surface area (Å²) in [6, 6.07) is 7.45. The lowest BCUT2D eigenvalue weighted by atomic mass is 10.1. The number of benzene rings is 1. The van der Waals surface area contributed by atoms with E-state index in [1.807, 2.05) is 29.2 Å². The van der Waals surface area contributed by atoms with Gasteiger partial charge in [-0.25, -0.2) is 0 Å². The van der Waals surface area contributed by atoms with Crippen LogP contribution in [-0.2, 0) is 14.3 Å². The van der Waals surface area contributed by atoms with Gasteiger partial charge in [0, 0.05) is 32.7 Å². The van der Waals surface area contributed by atoms with Crippen LogP contribution in [0.4, 0.5) is 5.69 Å². The third-order valence-corrected chi connectivity index (χ3v) is 5.12. The topological polar surface area (TPSA) is 85.1 Å². The number of amides is 2. The Morgan fingerprint density at radius 2 is 2.04 bits per heavy atom. The van der Waals surface area contributed by atoms with Crippen molar-refractivity contribution in [3.05, 3.63) is 24.3 Å². The van der Waals surface area contributed by atoms with Crippen molar-refractivity contribution in [1.82, 2.24) is 4.90 Å². The molecule has 1 aromatic carbocycles. The highest BCUT2D eigenvalue weighted by atomic mass is 16.5. The minimum atomic E-state index is -0.531. The molecule has 0 radical (unpaired) electrons. The maximum Gasteiger partial charge on any atom is 0.267 e. The zero-order valence-electron chi connectivity index (χ0n) is 15.9. The fourth-order valence-corrected chi connectivity index (χ4v) is 3.56. The van der Waals surface area contributed by atoms with Gasteiger partial charge in [0.05, 0.1) is 11.8 Å². The van der Waals surface area contributed by atoms with Crippen molar-refractivity contribution in [2.45, 2.75) is 44.8 Å². The lowest BCUT2D eigenvalue weighted by molar-refractivity contribution is -0.133. The number of para-hydroxylation sites is 2. The molecule has 1 unspecified atom stereocenters. The summed E-state index contributed by atoms with van der Waals surface area (Å²) < 4.78 is 11.4. The van der Waals surface area contributed by atoms with Gasteiger partial charge in [-0.05, 0) is 44.9 Å². The first-order valence-electron chi connectivity index (χ1n) is 9.76. The minimum Gasteiger partial charge on any atom is -0.479 e. The maximum absolute atomic E-state index is 12.6. The molecule has 3 rings (SSSR count). The first-order chi connectivity index (χ1) is 13.1. The van der Waals surface area contributed by atoms with E-state index in [9.17, 15) is 9.59 Å². The third kappa shape index (κ3) is 4.78. The van der Waals surface area contributed by atoms with E-state index in [1.54, 1.807) is 11.8 Å². The van der Waals surface area contributed by atoms with Gasteiger partial charge in [-0.1, -0.05) is 12.1 Å². The summed E-state index contributed by atoms with van der Waals surface area (Å²) in [6.07, 6.45) is 2.57. The van der Waals surface area contributed by atoms with Gasteiger partial charge in [0.1, 0.15) is 5.75 Å². The number of nitrogens with two attached hydrogens (primary N) is 1. The number of carbonyl (C=O) groups is 2. The second-order valence-electron chi connectivity index (χ2n) is 7.06. The second-order valence-corrected chi connectivity index (χ2v) is 7.06. The number of nitrogens with zero attached hydrogens (tertiary/aromatic N) is 2. The Bertz CT molecular complexity index is 658. The van der Waals surface area contributed by atoms with E-state index in [0.717, 1.165) is 24.9 Å². The number of carbonyl (C=O) groups excluding carboxylic acids is 2. The molecule has 1 atom stereocenters. The first kappa shape index (κ1) is 19.6. The van der Waals surface area contributed by atoms with Crippen LogP contribution in [0.3, 0.4) is 0 Å². The van der Waals surface area contributed by atoms with Gasteiger partial charge in [-0.2, -0.15) is 0 Å². The number of hydrogen-bond donors (Lipinski definition) is 1. The van der Waals surface area contributed by atoms with Crippen molar-refractivity contribution in [3.63, 3.8) is 0 Å². The molecule has 0 bridgehead atoms. The van der Waals surface area contributed by atoms with Crippen LogP contribution in [0.25, 0.3) is 0 Å². The molecular weight excluding hydrogens is 346 g/mol. The highest BCUT2D eigenvalue weighted by Gasteiger charge is 2.32. The molecule has 2 aliphatic heterocycles. The van der Waals surface area contributed by atoms with Crippen molar-refractivity contribution in [3.8, 4) is 5.75 Å². The van der Waals surface area contributed by atoms with Gasteiger partial charge < -0.3 is 25.0 Å². The largest absolute Gasteiger partial charge is 0.479 e. The number of fused-ring (bicyclic) bond motifs is 1. The molecule has 2 N–H and O–H groups in total. The van der Waals surface area contributed by atoms with Crippen LogP contribution in [0.1, 0.15) is 32.6 Å². The lowest BCUT2D eigenvalue weighted by Crippen LogP contribution is -2.47. The summed E-state index contributed by atoms with van der Waals surface area (Å²) in [5, 5.41) is 0. The Morgan fingerprint density at radius 1 is 1.30 bits per heavy atom. The van der Waals surface area contributed by atoms with Gasteiger partial charge in [0.15, 0.2) is 6.10 Å². The SMILES string of the molecule is CC1Oc2ccccc2N(CCC(=O)N2CCC(OCCCN)CC2)C1=O. The number of anilines is 1. The monoisotopic (exact) mass is 375 g/mol. The number of rotatable bonds is 7. The van der Waals surface area contributed by atoms with Gasteiger partial charge in [0.2, 0.25) is 5.91 Å². The molecule has 7 nitrogen and oxygen atoms in total. The van der Waals surface area contributed by atoms with Gasteiger partial charge in [-0.3, -0.25) is 9.59 Å². The molecule has 1 fully saturated rings. The van der Waals surface area contributed by atoms with E-state index in [-0.39, 0.29) is 17.9 Å². The Morgan fingerprint density at radius 3 is 2.78 bits per heavy atom. The normalized spacial score (nSPS) is 20.4. The van der Waals surface area contributed by atoms with Crippen LogP contribution in [0.15, 0.2) is 24.3 Å². The molecule has 7 heteroatoms. The number of piperidine rings is 1. The molecular formula is C20H29N3O4. The van der Waals surface area contributed by atoms with Crippen LogP contribution in [0.2, 0.25) is 0 Å². The van der Waals surface area contributed by atoms with Crippen molar-refractivity contribution in [2.24, 2.45) is 5.73 Å². The summed E-state index contributed by atoms with van der Waals surface area (Å²) in [6.45, 7) is 4.84. The molecule has 27 heavy (non-hydrogen) atoms. The first-order valence-corrected chi connectivity index (χ1v) is 9.76. The maximum atomic E-state index is 12.6. The second kappa shape index (κ2) is 9.19. The van der Waals surface area contributed by atoms with E-state index in [0.29, 0.717) is 45.0 Å². The third-order valence-electron chi connectivity index (χ3n) is 5.12. The molecule has 0 saturated carbocycles. The quantitative estimate of drug-likeness (QED) is 0.731. The molecule has 2 amide bonds. The van der Waals surface area contributed by atoms with Crippen LogP contribution in [0.5, 0.6) is 5.75 Å². The van der Waals surface area contributed by atoms with Crippen LogP contribution >= 0.6 is 0 Å². The smallest absolute Gasteiger partial charge is 0.267 e. The van der Waals surface area contributed by atoms with Gasteiger partial charge in [-0.15, -0.1) is 0 Å². The van der Waals surface area contributed by atoms with E-state index in [1.165, 1.54) is 0 Å². The molecule has 1 aromatic rings. The molecule has 0 aromatic heterocycles. The molecule has 2 aliphatic rings. The molecule has 148 valence electrons. The van der Waals surface area contributed by atoms with Crippen molar-refractivity contribution < 1.29 is 19.1 Å². The Balaban J connectivity index is 1.50. The van der Waals surface area contributed by atoms with E-state index < -0.39 is 6.10 Å². The average Bonchev–Trinajstić information content (AvgIpc) is 2.69. The van der Waals surface area contributed by atoms with Crippen LogP contribution in [-0.4, -0.2) is 61.7 Å². The summed E-state index contributed by atoms with van der Waals surface area (Å²) >= 11 is 0. The fraction of sp³-hybridized carbons (Fsp3) is 0.600. The van der Waals surface area contributed by atoms with Gasteiger partial charge >= 0.3 is 0 Å². The Kier molecular flexibility index (Phi) is 6.68. The zero-order valence-corrected chi connectivity index (χ0v) is 15.9. The molecule has 0 aliphatic carbocycles. The summed E-state index contributed by atoms with van der Waals surface area (Å²) in [4.78, 5) is 28.7. The lowest BCUT2D eigenvalue weighted by Gasteiger charge is -2.35. The van der Waals surface area contributed by atoms with Crippen molar-refractivity contribution in [1.29, 1.82) is 0 Å². The minimum absolute atomic E-state index is 0.0832. The fourth-order valence-electron chi connectivity index (χ4n) is 3.56. The predicted octanol–water partition coefficient (Wildman–Crippen LogP) is 1.55. The molecule has 1 saturated heterocycles. The summed E-state index contributed by atoms with van der Waals surface area (Å²) in [7, 11) is 0. The predicted molar refractivity (Wildman–Crippen MR) is 103 cm³/mol. The standard InChI is InChI=1S/C20H29N3O4/c1-15-20(25)23(17-5-2-3-6-18(17)27-15)13-9-19(24)22-11-7-16(8-12-22)26-14-4-10-21/h2-3,5-6,15-16H,4,7-14,21H2,1H3. The van der Waals surface area contributed by atoms with E-state index in [2.05, 4.69) is 0 Å². The molecule has 0 spiro atoms. The Hall–Kier alpha value is -2.12. The number of likely N-dealkylation sites (tertiary alicyclic amines) is 1. The number of hydrogen-bond acceptors (Lipinski definition) is 5. The van der Waals surface area contributed by atoms with Crippen molar-refractivity contribution >= 4 is 17.5 Å². The zero-order chi connectivity index (χ0) is 19.2. The van der Waals surface area contributed by atoms with E-state index >= 15 is 0 Å². The van der Waals surface area contributed by atoms with E-state index in [4.69, 9.17) is 15.2 Å². The van der Waals surface area contributed by atoms with Crippen molar-refractivity contribution in [2.75, 3.05) is 37.7 Å².